The first-order chi connectivity index (χ1) is 13.0. The minimum absolute atomic E-state index is 0. The average molecular weight is 435 g/mol. The van der Waals surface area contributed by atoms with Crippen molar-refractivity contribution >= 4 is 10.1 Å². The van der Waals surface area contributed by atoms with Crippen LogP contribution >= 0.6 is 0 Å². The molecule has 0 bridgehead atoms. The molecule has 1 aromatic rings. The van der Waals surface area contributed by atoms with Crippen molar-refractivity contribution in [3.63, 3.8) is 0 Å². The van der Waals surface area contributed by atoms with Crippen LogP contribution in [0.1, 0.15) is 109 Å². The predicted octanol–water partition coefficient (Wildman–Crippen LogP) is 4.01. The van der Waals surface area contributed by atoms with Gasteiger partial charge in [-0.25, -0.2) is 8.42 Å². The van der Waals surface area contributed by atoms with Gasteiger partial charge in [0, 0.05) is 0 Å². The van der Waals surface area contributed by atoms with Gasteiger partial charge in [0.25, 0.3) is 0 Å². The molecule has 0 amide bonds. The molecule has 0 aliphatic carbocycles. The van der Waals surface area contributed by atoms with Crippen molar-refractivity contribution < 1.29 is 64.4 Å². The Labute approximate surface area is 216 Å². The Morgan fingerprint density at radius 2 is 1.00 bits per heavy atom. The van der Waals surface area contributed by atoms with Gasteiger partial charge < -0.3 is 4.55 Å². The Morgan fingerprint density at radius 1 is 0.643 bits per heavy atom. The summed E-state index contributed by atoms with van der Waals surface area (Å²) in [4.78, 5) is -0.136. The molecule has 0 saturated carbocycles. The van der Waals surface area contributed by atoms with Gasteiger partial charge in [0.05, 0.1) is 4.90 Å². The molecule has 5 heteroatoms. The summed E-state index contributed by atoms with van der Waals surface area (Å²) in [6.45, 7) is 2.27. The van der Waals surface area contributed by atoms with Crippen molar-refractivity contribution in [3.8, 4) is 0 Å². The molecule has 156 valence electrons. The third kappa shape index (κ3) is 15.6. The number of unbranched alkanes of at least 4 members (excludes halogenated alkanes) is 14. The Bertz CT molecular complexity index is 570. The Morgan fingerprint density at radius 3 is 1.36 bits per heavy atom. The van der Waals surface area contributed by atoms with E-state index < -0.39 is 10.1 Å². The molecule has 0 aliphatic heterocycles. The zero-order chi connectivity index (χ0) is 19.8. The second-order valence-electron chi connectivity index (χ2n) is 7.80. The molecule has 3 nitrogen and oxygen atoms in total. The summed E-state index contributed by atoms with van der Waals surface area (Å²) < 4.78 is 32.7. The zero-order valence-corrected chi connectivity index (χ0v) is 22.2. The van der Waals surface area contributed by atoms with Crippen molar-refractivity contribution in [1.82, 2.24) is 0 Å². The monoisotopic (exact) mass is 434 g/mol. The van der Waals surface area contributed by atoms with Gasteiger partial charge >= 0.3 is 51.4 Å². The van der Waals surface area contributed by atoms with Crippen LogP contribution in [0, 0.1) is 0 Å². The van der Waals surface area contributed by atoms with Crippen molar-refractivity contribution in [2.24, 2.45) is 0 Å². The molecule has 0 saturated heterocycles. The molecule has 1 aromatic carbocycles. The first-order valence-electron chi connectivity index (χ1n) is 11.1. The summed E-state index contributed by atoms with van der Waals surface area (Å²) >= 11 is 0. The molecule has 0 radical (unpaired) electrons. The number of hydrogen-bond acceptors (Lipinski definition) is 3. The third-order valence-electron chi connectivity index (χ3n) is 5.28. The van der Waals surface area contributed by atoms with E-state index in [1.807, 2.05) is 0 Å². The van der Waals surface area contributed by atoms with Gasteiger partial charge in [-0.1, -0.05) is 109 Å². The van der Waals surface area contributed by atoms with Crippen LogP contribution in [0.3, 0.4) is 0 Å². The van der Waals surface area contributed by atoms with Crippen LogP contribution in [0.2, 0.25) is 0 Å². The van der Waals surface area contributed by atoms with Crippen LogP contribution in [-0.2, 0) is 16.5 Å². The molecule has 1 rings (SSSR count). The maximum Gasteiger partial charge on any atom is 1.00 e. The number of hydrogen-bond donors (Lipinski definition) is 0. The molecular weight excluding hydrogens is 395 g/mol. The van der Waals surface area contributed by atoms with Gasteiger partial charge in [0.2, 0.25) is 0 Å². The van der Waals surface area contributed by atoms with Crippen molar-refractivity contribution in [3.05, 3.63) is 29.8 Å². The Balaban J connectivity index is 0.00000729. The molecule has 0 aromatic heterocycles. The average Bonchev–Trinajstić information content (AvgIpc) is 2.64. The normalized spacial score (nSPS) is 11.4. The first-order valence-corrected chi connectivity index (χ1v) is 12.5. The molecule has 0 heterocycles. The van der Waals surface area contributed by atoms with Crippen LogP contribution in [-0.4, -0.2) is 13.0 Å². The fourth-order valence-electron chi connectivity index (χ4n) is 3.52. The van der Waals surface area contributed by atoms with E-state index in [-0.39, 0.29) is 56.3 Å². The molecule has 0 N–H and O–H groups in total. The topological polar surface area (TPSA) is 57.2 Å². The summed E-state index contributed by atoms with van der Waals surface area (Å²) in [7, 11) is -4.32. The van der Waals surface area contributed by atoms with Gasteiger partial charge in [-0.3, -0.25) is 0 Å². The Hall–Kier alpha value is 0.766. The summed E-state index contributed by atoms with van der Waals surface area (Å²) in [5.74, 6) is 0. The molecule has 0 unspecified atom stereocenters. The van der Waals surface area contributed by atoms with E-state index in [2.05, 4.69) is 6.92 Å². The summed E-state index contributed by atoms with van der Waals surface area (Å²) in [5.41, 5.74) is 1.11. The van der Waals surface area contributed by atoms with Crippen molar-refractivity contribution in [2.75, 3.05) is 0 Å². The van der Waals surface area contributed by atoms with Crippen LogP contribution < -0.4 is 51.4 Å². The molecule has 28 heavy (non-hydrogen) atoms. The second kappa shape index (κ2) is 18.5. The van der Waals surface area contributed by atoms with E-state index in [0.717, 1.165) is 18.4 Å². The van der Waals surface area contributed by atoms with Crippen molar-refractivity contribution in [2.45, 2.75) is 115 Å². The minimum Gasteiger partial charge on any atom is -0.744 e. The van der Waals surface area contributed by atoms with Gasteiger partial charge in [0.1, 0.15) is 10.1 Å². The van der Waals surface area contributed by atoms with Crippen LogP contribution in [0.4, 0.5) is 0 Å². The number of benzene rings is 1. The minimum atomic E-state index is -4.32. The maximum absolute atomic E-state index is 10.9. The smallest absolute Gasteiger partial charge is 0.744 e. The molecule has 0 spiro atoms. The van der Waals surface area contributed by atoms with E-state index in [4.69, 9.17) is 0 Å². The SMILES string of the molecule is CCCCCCCCCCCCCCCCCc1ccc(S(=O)(=O)[O-])cc1.[K+]. The van der Waals surface area contributed by atoms with Crippen LogP contribution in [0.25, 0.3) is 0 Å². The van der Waals surface area contributed by atoms with Crippen molar-refractivity contribution in [1.29, 1.82) is 0 Å². The van der Waals surface area contributed by atoms with E-state index in [9.17, 15) is 13.0 Å². The van der Waals surface area contributed by atoms with Gasteiger partial charge in [0.15, 0.2) is 0 Å². The third-order valence-corrected chi connectivity index (χ3v) is 6.13. The van der Waals surface area contributed by atoms with Gasteiger partial charge in [-0.15, -0.1) is 0 Å². The standard InChI is InChI=1S/C23H40O3S.K/c1-2-3-4-5-6-7-8-9-10-11-12-13-14-15-16-17-22-18-20-23(21-19-22)27(24,25)26;/h18-21H,2-17H2,1H3,(H,24,25,26);/q;+1/p-1. The zero-order valence-electron chi connectivity index (χ0n) is 18.3. The van der Waals surface area contributed by atoms with E-state index in [0.29, 0.717) is 0 Å². The van der Waals surface area contributed by atoms with Crippen LogP contribution in [0.5, 0.6) is 0 Å². The van der Waals surface area contributed by atoms with Gasteiger partial charge in [-0.05, 0) is 30.5 Å². The summed E-state index contributed by atoms with van der Waals surface area (Å²) in [6.07, 6.45) is 21.3. The molecular formula is C23H39KO3S. The first kappa shape index (κ1) is 28.8. The van der Waals surface area contributed by atoms with E-state index in [1.54, 1.807) is 12.1 Å². The fourth-order valence-corrected chi connectivity index (χ4v) is 3.99. The molecule has 0 fully saturated rings. The Kier molecular flexibility index (Phi) is 19.0. The molecule has 0 aliphatic rings. The van der Waals surface area contributed by atoms with Gasteiger partial charge in [-0.2, -0.15) is 0 Å². The quantitative estimate of drug-likeness (QED) is 0.211. The molecule has 0 atom stereocenters. The summed E-state index contributed by atoms with van der Waals surface area (Å²) in [5, 5.41) is 0. The van der Waals surface area contributed by atoms with Crippen LogP contribution in [0.15, 0.2) is 29.2 Å². The predicted molar refractivity (Wildman–Crippen MR) is 113 cm³/mol. The van der Waals surface area contributed by atoms with E-state index >= 15 is 0 Å². The maximum atomic E-state index is 10.9. The number of rotatable bonds is 17. The summed E-state index contributed by atoms with van der Waals surface area (Å²) in [6, 6.07) is 6.36. The van der Waals surface area contributed by atoms with E-state index in [1.165, 1.54) is 102 Å². The fraction of sp³-hybridized carbons (Fsp3) is 0.739. The second-order valence-corrected chi connectivity index (χ2v) is 9.18. The number of aryl methyl sites for hydroxylation is 1. The largest absolute Gasteiger partial charge is 1.00 e.